The van der Waals surface area contributed by atoms with E-state index in [0.717, 1.165) is 92.2 Å². The number of benzene rings is 10. The number of fused-ring (bicyclic) bond motifs is 13. The first kappa shape index (κ1) is 37.4. The number of nitrogens with zero attached hydrogens (tertiary/aromatic N) is 5. The van der Waals surface area contributed by atoms with E-state index in [9.17, 15) is 11.8 Å². The van der Waals surface area contributed by atoms with Gasteiger partial charge in [0.05, 0.1) is 56.5 Å². The fraction of sp³-hybridized carbons (Fsp3) is 0. The Balaban J connectivity index is 1.24. The Hall–Kier alpha value is -8.85. The molecule has 0 atom stereocenters. The van der Waals surface area contributed by atoms with Crippen molar-refractivity contribution < 1.29 is 0 Å². The summed E-state index contributed by atoms with van der Waals surface area (Å²) in [5, 5.41) is 25.8. The monoisotopic (exact) mass is 897 g/mol. The van der Waals surface area contributed by atoms with Crippen LogP contribution < -0.4 is 0 Å². The van der Waals surface area contributed by atoms with Crippen LogP contribution in [-0.4, -0.2) is 14.1 Å². The second-order valence-corrected chi connectivity index (χ2v) is 19.7. The van der Waals surface area contributed by atoms with Crippen LogP contribution >= 0.6 is 22.7 Å². The van der Waals surface area contributed by atoms with Crippen LogP contribution in [0.1, 0.15) is 5.56 Å². The van der Waals surface area contributed by atoms with E-state index >= 15 is 0 Å². The summed E-state index contributed by atoms with van der Waals surface area (Å²) in [6.45, 7) is 9.33. The molecule has 0 aliphatic rings. The van der Waals surface area contributed by atoms with Gasteiger partial charge >= 0.3 is 0 Å². The lowest BCUT2D eigenvalue weighted by molar-refractivity contribution is 1.13. The first-order chi connectivity index (χ1) is 33.7. The molecule has 0 aliphatic carbocycles. The van der Waals surface area contributed by atoms with Crippen LogP contribution in [0.15, 0.2) is 188 Å². The van der Waals surface area contributed by atoms with Crippen molar-refractivity contribution in [1.29, 1.82) is 5.26 Å². The van der Waals surface area contributed by atoms with Crippen molar-refractivity contribution in [3.8, 4) is 39.7 Å². The lowest BCUT2D eigenvalue weighted by Crippen LogP contribution is -2.09. The minimum absolute atomic E-state index is 0.404. The predicted octanol–water partition coefficient (Wildman–Crippen LogP) is 17.5. The number of rotatable bonds is 4. The Morgan fingerprint density at radius 3 is 1.81 bits per heavy atom. The van der Waals surface area contributed by atoms with Gasteiger partial charge in [-0.3, -0.25) is 4.98 Å². The summed E-state index contributed by atoms with van der Waals surface area (Å²) >= 11 is 3.59. The molecule has 0 unspecified atom stereocenters. The third-order valence-electron chi connectivity index (χ3n) is 14.2. The molecule has 5 heterocycles. The molecular weight excluding hydrogens is 867 g/mol. The fourth-order valence-electron chi connectivity index (χ4n) is 11.5. The van der Waals surface area contributed by atoms with Crippen molar-refractivity contribution >= 4 is 134 Å². The van der Waals surface area contributed by atoms with Gasteiger partial charge < -0.3 is 9.13 Å². The molecule has 5 aromatic heterocycles. The molecule has 0 saturated heterocycles. The molecule has 5 nitrogen and oxygen atoms in total. The summed E-state index contributed by atoms with van der Waals surface area (Å²) in [4.78, 5) is 9.52. The molecule has 0 aliphatic heterocycles. The zero-order chi connectivity index (χ0) is 44.8. The number of nitriles is 1. The van der Waals surface area contributed by atoms with Crippen LogP contribution in [-0.2, 0) is 0 Å². The summed E-state index contributed by atoms with van der Waals surface area (Å²) in [6, 6.07) is 64.9. The predicted molar refractivity (Wildman–Crippen MR) is 287 cm³/mol. The maximum Gasteiger partial charge on any atom is 0.220 e. The van der Waals surface area contributed by atoms with Crippen LogP contribution in [0.2, 0.25) is 0 Å². The van der Waals surface area contributed by atoms with Gasteiger partial charge in [-0.25, -0.2) is 4.85 Å². The molecule has 0 fully saturated rings. The van der Waals surface area contributed by atoms with Crippen molar-refractivity contribution in [2.24, 2.45) is 0 Å². The Morgan fingerprint density at radius 2 is 1.07 bits per heavy atom. The van der Waals surface area contributed by atoms with E-state index in [4.69, 9.17) is 4.98 Å². The van der Waals surface area contributed by atoms with Crippen molar-refractivity contribution in [2.75, 3.05) is 0 Å². The first-order valence-corrected chi connectivity index (χ1v) is 24.2. The van der Waals surface area contributed by atoms with Gasteiger partial charge in [0.25, 0.3) is 0 Å². The Kier molecular flexibility index (Phi) is 7.61. The number of aromatic nitrogens is 3. The average molecular weight is 898 g/mol. The highest BCUT2D eigenvalue weighted by atomic mass is 32.1. The molecule has 0 amide bonds. The Labute approximate surface area is 396 Å². The highest BCUT2D eigenvalue weighted by Crippen LogP contribution is 2.55. The Bertz CT molecular complexity index is 4660. The van der Waals surface area contributed by atoms with Gasteiger partial charge in [0.2, 0.25) is 5.69 Å². The Morgan fingerprint density at radius 1 is 0.456 bits per heavy atom. The number of thiophene rings is 2. The molecule has 15 rings (SSSR count). The van der Waals surface area contributed by atoms with E-state index < -0.39 is 0 Å². The van der Waals surface area contributed by atoms with Crippen LogP contribution in [0.25, 0.3) is 144 Å². The minimum Gasteiger partial charge on any atom is -0.317 e. The van der Waals surface area contributed by atoms with Gasteiger partial charge in [0.1, 0.15) is 6.07 Å². The molecule has 7 heteroatoms. The van der Waals surface area contributed by atoms with Gasteiger partial charge in [-0.1, -0.05) is 146 Å². The average Bonchev–Trinajstić information content (AvgIpc) is 4.15. The number of hydrogen-bond donors (Lipinski definition) is 0. The van der Waals surface area contributed by atoms with Gasteiger partial charge in [-0.15, -0.1) is 22.7 Å². The molecule has 312 valence electrons. The lowest BCUT2D eigenvalue weighted by Gasteiger charge is -2.25. The molecule has 0 saturated carbocycles. The lowest BCUT2D eigenvalue weighted by atomic mass is 9.88. The molecule has 0 N–H and O–H groups in total. The number of hydrogen-bond acceptors (Lipinski definition) is 4. The first-order valence-electron chi connectivity index (χ1n) is 22.5. The smallest absolute Gasteiger partial charge is 0.220 e. The third kappa shape index (κ3) is 4.83. The highest BCUT2D eigenvalue weighted by molar-refractivity contribution is 7.27. The van der Waals surface area contributed by atoms with Gasteiger partial charge in [0, 0.05) is 79.9 Å². The largest absolute Gasteiger partial charge is 0.317 e. The summed E-state index contributed by atoms with van der Waals surface area (Å²) in [7, 11) is 0. The SMILES string of the molecule is [C-]#[N+]c1c(-c2ccccc2)c(C#N)c(-n2c3cc4sc5ccccc5c4cc3c3ccc4c5ccccc5sc4c32)c(-c2ccccc2)c1-n1c2cccc3c4ccccc4c4cncc1c4c32. The fourth-order valence-corrected chi connectivity index (χ4v) is 13.8. The van der Waals surface area contributed by atoms with E-state index in [0.29, 0.717) is 22.5 Å². The van der Waals surface area contributed by atoms with Crippen LogP contribution in [0.3, 0.4) is 0 Å². The molecule has 10 aromatic carbocycles. The second-order valence-electron chi connectivity index (χ2n) is 17.5. The molecule has 0 radical (unpaired) electrons. The van der Waals surface area contributed by atoms with Gasteiger partial charge in [0.15, 0.2) is 0 Å². The summed E-state index contributed by atoms with van der Waals surface area (Å²) < 4.78 is 9.43. The normalized spacial score (nSPS) is 12.1. The van der Waals surface area contributed by atoms with E-state index in [1.807, 2.05) is 48.8 Å². The second kappa shape index (κ2) is 13.8. The van der Waals surface area contributed by atoms with Crippen molar-refractivity contribution in [1.82, 2.24) is 14.1 Å². The topological polar surface area (TPSA) is 50.9 Å². The summed E-state index contributed by atoms with van der Waals surface area (Å²) in [6.07, 6.45) is 3.94. The maximum absolute atomic E-state index is 12.1. The third-order valence-corrected chi connectivity index (χ3v) is 16.5. The molecular formula is C61H31N5S2. The van der Waals surface area contributed by atoms with Crippen LogP contribution in [0.5, 0.6) is 0 Å². The molecule has 0 spiro atoms. The molecule has 68 heavy (non-hydrogen) atoms. The highest BCUT2D eigenvalue weighted by Gasteiger charge is 2.33. The van der Waals surface area contributed by atoms with Crippen molar-refractivity contribution in [2.45, 2.75) is 0 Å². The van der Waals surface area contributed by atoms with Crippen molar-refractivity contribution in [3.05, 3.63) is 205 Å². The van der Waals surface area contributed by atoms with E-state index in [1.54, 1.807) is 22.7 Å². The zero-order valence-corrected chi connectivity index (χ0v) is 37.6. The van der Waals surface area contributed by atoms with Crippen LogP contribution in [0, 0.1) is 17.9 Å². The zero-order valence-electron chi connectivity index (χ0n) is 36.0. The van der Waals surface area contributed by atoms with E-state index in [-0.39, 0.29) is 0 Å². The van der Waals surface area contributed by atoms with Gasteiger partial charge in [-0.2, -0.15) is 5.26 Å². The standard InChI is InChI=1S/C61H31N5S2/c1-63-57-53(34-15-4-2-5-16-34)45(31-62)58(54(35-17-6-3-7-18-35)60(57)65-47-24-14-23-40-36-19-8-9-20-37(36)46-32-64-33-49(65)56(46)55(40)47)66-48-30-52-44(39-22-11-12-25-50(39)67-52)29-43(48)41-27-28-42-38-21-10-13-26-51(38)68-61(42)59(41)66/h2-30,32-33H. The van der Waals surface area contributed by atoms with Crippen molar-refractivity contribution in [3.63, 3.8) is 0 Å². The minimum atomic E-state index is 0.404. The van der Waals surface area contributed by atoms with Crippen LogP contribution in [0.4, 0.5) is 5.69 Å². The maximum atomic E-state index is 12.1. The van der Waals surface area contributed by atoms with E-state index in [2.05, 4.69) is 160 Å². The molecule has 15 aromatic rings. The quantitative estimate of drug-likeness (QED) is 0.131. The molecule has 0 bridgehead atoms. The van der Waals surface area contributed by atoms with Gasteiger partial charge in [-0.05, 0) is 57.6 Å². The summed E-state index contributed by atoms with van der Waals surface area (Å²) in [5.74, 6) is 0. The van der Waals surface area contributed by atoms with E-state index in [1.165, 1.54) is 35.6 Å². The summed E-state index contributed by atoms with van der Waals surface area (Å²) in [5.41, 5.74) is 9.29. The number of pyridine rings is 1.